The first-order valence-corrected chi connectivity index (χ1v) is 2.08. The fourth-order valence-corrected chi connectivity index (χ4v) is 0.211. The van der Waals surface area contributed by atoms with E-state index in [1.165, 1.54) is 0 Å². The Kier molecular flexibility index (Phi) is 4.62. The SMILES string of the molecule is CN=C/C=C/[N-]C. The molecule has 0 saturated heterocycles. The number of allylic oxidation sites excluding steroid dienone is 1. The van der Waals surface area contributed by atoms with Gasteiger partial charge in [0.25, 0.3) is 0 Å². The lowest BCUT2D eigenvalue weighted by Gasteiger charge is -1.96. The van der Waals surface area contributed by atoms with Gasteiger partial charge in [0, 0.05) is 13.3 Å². The number of nitrogens with zero attached hydrogens (tertiary/aromatic N) is 2. The number of hydrogen-bond donors (Lipinski definition) is 0. The van der Waals surface area contributed by atoms with Gasteiger partial charge in [-0.3, -0.25) is 4.99 Å². The molecule has 0 N–H and O–H groups in total. The van der Waals surface area contributed by atoms with Crippen molar-refractivity contribution < 1.29 is 0 Å². The maximum absolute atomic E-state index is 3.70. The zero-order chi connectivity index (χ0) is 5.54. The summed E-state index contributed by atoms with van der Waals surface area (Å²) in [4.78, 5) is 3.70. The molecule has 0 unspecified atom stereocenters. The molecule has 0 aromatic rings. The van der Waals surface area contributed by atoms with Crippen LogP contribution in [0.5, 0.6) is 0 Å². The third-order valence-corrected chi connectivity index (χ3v) is 0.470. The summed E-state index contributed by atoms with van der Waals surface area (Å²) in [5.74, 6) is 0. The first kappa shape index (κ1) is 6.21. The van der Waals surface area contributed by atoms with Crippen LogP contribution in [0.15, 0.2) is 17.3 Å². The Morgan fingerprint density at radius 1 is 1.57 bits per heavy atom. The molecule has 0 saturated carbocycles. The van der Waals surface area contributed by atoms with Crippen molar-refractivity contribution in [2.75, 3.05) is 14.1 Å². The summed E-state index contributed by atoms with van der Waals surface area (Å²) in [5, 5.41) is 3.70. The Hall–Kier alpha value is -0.790. The minimum absolute atomic E-state index is 1.69. The van der Waals surface area contributed by atoms with E-state index in [0.29, 0.717) is 0 Å². The molecule has 0 spiro atoms. The van der Waals surface area contributed by atoms with Crippen molar-refractivity contribution >= 4 is 6.21 Å². The molecule has 0 fully saturated rings. The fraction of sp³-hybridized carbons (Fsp3) is 0.400. The van der Waals surface area contributed by atoms with Gasteiger partial charge in [0.05, 0.1) is 0 Å². The molecule has 0 aromatic heterocycles. The average Bonchev–Trinajstić information content (AvgIpc) is 1.69. The van der Waals surface area contributed by atoms with E-state index in [9.17, 15) is 0 Å². The van der Waals surface area contributed by atoms with Gasteiger partial charge in [0.1, 0.15) is 0 Å². The Bertz CT molecular complexity index is 74.1. The van der Waals surface area contributed by atoms with Crippen LogP contribution in [0.2, 0.25) is 0 Å². The molecule has 0 aliphatic heterocycles. The van der Waals surface area contributed by atoms with Crippen LogP contribution in [0.4, 0.5) is 0 Å². The monoisotopic (exact) mass is 97.1 g/mol. The molecule has 0 amide bonds. The Morgan fingerprint density at radius 3 is 2.71 bits per heavy atom. The number of aliphatic imine (C=N–C) groups is 1. The highest BCUT2D eigenvalue weighted by molar-refractivity contribution is 5.71. The van der Waals surface area contributed by atoms with Gasteiger partial charge >= 0.3 is 0 Å². The zero-order valence-electron chi connectivity index (χ0n) is 4.63. The van der Waals surface area contributed by atoms with Crippen LogP contribution in [0.1, 0.15) is 0 Å². The highest BCUT2D eigenvalue weighted by Crippen LogP contribution is 1.75. The summed E-state index contributed by atoms with van der Waals surface area (Å²) < 4.78 is 0. The van der Waals surface area contributed by atoms with E-state index >= 15 is 0 Å². The molecule has 40 valence electrons. The molecule has 7 heavy (non-hydrogen) atoms. The van der Waals surface area contributed by atoms with Crippen molar-refractivity contribution in [3.8, 4) is 0 Å². The second-order valence-corrected chi connectivity index (χ2v) is 1.01. The highest BCUT2D eigenvalue weighted by atomic mass is 14.8. The topological polar surface area (TPSA) is 26.5 Å². The second-order valence-electron chi connectivity index (χ2n) is 1.01. The lowest BCUT2D eigenvalue weighted by molar-refractivity contribution is 1.47. The van der Waals surface area contributed by atoms with Crippen molar-refractivity contribution in [3.05, 3.63) is 17.6 Å². The quantitative estimate of drug-likeness (QED) is 0.463. The van der Waals surface area contributed by atoms with Crippen LogP contribution in [-0.2, 0) is 0 Å². The molecule has 2 nitrogen and oxygen atoms in total. The zero-order valence-corrected chi connectivity index (χ0v) is 4.63. The smallest absolute Gasteiger partial charge is 0.0277 e. The van der Waals surface area contributed by atoms with E-state index < -0.39 is 0 Å². The Balaban J connectivity index is 3.09. The number of rotatable bonds is 2. The van der Waals surface area contributed by atoms with Crippen molar-refractivity contribution in [1.82, 2.24) is 0 Å². The third-order valence-electron chi connectivity index (χ3n) is 0.470. The van der Waals surface area contributed by atoms with E-state index in [4.69, 9.17) is 0 Å². The lowest BCUT2D eigenvalue weighted by atomic mass is 10.6. The van der Waals surface area contributed by atoms with Crippen LogP contribution in [0.3, 0.4) is 0 Å². The van der Waals surface area contributed by atoms with Crippen LogP contribution in [0.25, 0.3) is 5.32 Å². The standard InChI is InChI=1S/C5H9N2/c1-6-4-3-5-7-2/h3-5H,1-2H3/q-1/b4-3+,7-5?. The van der Waals surface area contributed by atoms with Gasteiger partial charge in [-0.2, -0.15) is 6.20 Å². The second kappa shape index (κ2) is 5.21. The minimum atomic E-state index is 1.69. The Morgan fingerprint density at radius 2 is 2.29 bits per heavy atom. The van der Waals surface area contributed by atoms with Gasteiger partial charge in [0.2, 0.25) is 0 Å². The van der Waals surface area contributed by atoms with Gasteiger partial charge in [-0.25, -0.2) is 0 Å². The minimum Gasteiger partial charge on any atom is -0.693 e. The molecule has 0 aliphatic carbocycles. The van der Waals surface area contributed by atoms with Crippen LogP contribution in [-0.4, -0.2) is 20.3 Å². The fourth-order valence-electron chi connectivity index (χ4n) is 0.211. The van der Waals surface area contributed by atoms with Gasteiger partial charge in [-0.1, -0.05) is 6.08 Å². The molecule has 0 atom stereocenters. The average molecular weight is 97.1 g/mol. The van der Waals surface area contributed by atoms with Crippen LogP contribution >= 0.6 is 0 Å². The molecule has 2 heteroatoms. The van der Waals surface area contributed by atoms with Gasteiger partial charge in [-0.15, -0.1) is 7.05 Å². The largest absolute Gasteiger partial charge is 0.693 e. The van der Waals surface area contributed by atoms with Crippen molar-refractivity contribution in [2.45, 2.75) is 0 Å². The molecule has 0 radical (unpaired) electrons. The lowest BCUT2D eigenvalue weighted by Crippen LogP contribution is -1.59. The summed E-state index contributed by atoms with van der Waals surface area (Å²) in [6.07, 6.45) is 5.15. The first-order valence-electron chi connectivity index (χ1n) is 2.08. The van der Waals surface area contributed by atoms with Crippen molar-refractivity contribution in [2.24, 2.45) is 4.99 Å². The van der Waals surface area contributed by atoms with E-state index in [-0.39, 0.29) is 0 Å². The summed E-state index contributed by atoms with van der Waals surface area (Å²) >= 11 is 0. The maximum Gasteiger partial charge on any atom is 0.0277 e. The predicted molar refractivity (Wildman–Crippen MR) is 32.8 cm³/mol. The molecule has 0 aliphatic rings. The molecule has 0 aromatic carbocycles. The summed E-state index contributed by atoms with van der Waals surface area (Å²) in [6, 6.07) is 0. The van der Waals surface area contributed by atoms with E-state index in [1.807, 2.05) is 0 Å². The first-order chi connectivity index (χ1) is 3.41. The van der Waals surface area contributed by atoms with E-state index in [0.717, 1.165) is 0 Å². The number of hydrogen-bond acceptors (Lipinski definition) is 1. The normalized spacial score (nSPS) is 11.1. The highest BCUT2D eigenvalue weighted by Gasteiger charge is 1.47. The third kappa shape index (κ3) is 5.21. The summed E-state index contributed by atoms with van der Waals surface area (Å²) in [6.45, 7) is 0. The predicted octanol–water partition coefficient (Wildman–Crippen LogP) is 1.20. The summed E-state index contributed by atoms with van der Waals surface area (Å²) in [5.41, 5.74) is 0. The van der Waals surface area contributed by atoms with Crippen LogP contribution < -0.4 is 0 Å². The molecule has 0 heterocycles. The van der Waals surface area contributed by atoms with Crippen molar-refractivity contribution in [1.29, 1.82) is 0 Å². The van der Waals surface area contributed by atoms with Gasteiger partial charge < -0.3 is 5.32 Å². The Labute approximate surface area is 44.0 Å². The maximum atomic E-state index is 3.70. The molecule has 0 rings (SSSR count). The van der Waals surface area contributed by atoms with E-state index in [2.05, 4.69) is 10.3 Å². The molecular formula is C5H9N2-. The summed E-state index contributed by atoms with van der Waals surface area (Å²) in [7, 11) is 3.44. The van der Waals surface area contributed by atoms with Crippen LogP contribution in [0, 0.1) is 0 Å². The molecular weight excluding hydrogens is 88.1 g/mol. The van der Waals surface area contributed by atoms with Gasteiger partial charge in [-0.05, 0) is 0 Å². The van der Waals surface area contributed by atoms with Crippen molar-refractivity contribution in [3.63, 3.8) is 0 Å². The van der Waals surface area contributed by atoms with E-state index in [1.54, 1.807) is 32.6 Å². The molecule has 0 bridgehead atoms. The van der Waals surface area contributed by atoms with Gasteiger partial charge in [0.15, 0.2) is 0 Å².